The van der Waals surface area contributed by atoms with E-state index < -0.39 is 6.04 Å². The Morgan fingerprint density at radius 2 is 1.74 bits per heavy atom. The minimum atomic E-state index is -0.592. The summed E-state index contributed by atoms with van der Waals surface area (Å²) in [4.78, 5) is 27.6. The third-order valence-corrected chi connectivity index (χ3v) is 6.43. The SMILES string of the molecule is Cc1cc(OCC(=O)N(Cc2ccccc2)[C@H](C)C(=O)NC2CCCC2)cc(C)c1Cl. The van der Waals surface area contributed by atoms with Crippen LogP contribution >= 0.6 is 11.6 Å². The summed E-state index contributed by atoms with van der Waals surface area (Å²) in [5, 5.41) is 3.80. The van der Waals surface area contributed by atoms with Crippen molar-refractivity contribution >= 4 is 23.4 Å². The molecule has 2 aromatic rings. The number of hydrogen-bond acceptors (Lipinski definition) is 3. The zero-order chi connectivity index (χ0) is 22.4. The molecule has 0 bridgehead atoms. The lowest BCUT2D eigenvalue weighted by Crippen LogP contribution is -2.50. The summed E-state index contributed by atoms with van der Waals surface area (Å²) in [6, 6.07) is 12.9. The maximum Gasteiger partial charge on any atom is 0.261 e. The minimum Gasteiger partial charge on any atom is -0.484 e. The number of benzene rings is 2. The van der Waals surface area contributed by atoms with Gasteiger partial charge >= 0.3 is 0 Å². The highest BCUT2D eigenvalue weighted by Crippen LogP contribution is 2.26. The van der Waals surface area contributed by atoms with Crippen molar-refractivity contribution in [3.63, 3.8) is 0 Å². The molecule has 0 saturated heterocycles. The van der Waals surface area contributed by atoms with E-state index in [0.29, 0.717) is 17.3 Å². The lowest BCUT2D eigenvalue weighted by atomic mass is 10.1. The molecule has 6 heteroatoms. The largest absolute Gasteiger partial charge is 0.484 e. The first-order chi connectivity index (χ1) is 14.8. The summed E-state index contributed by atoms with van der Waals surface area (Å²) >= 11 is 6.22. The molecule has 1 atom stereocenters. The third kappa shape index (κ3) is 6.23. The molecule has 1 saturated carbocycles. The van der Waals surface area contributed by atoms with Crippen molar-refractivity contribution in [2.45, 2.75) is 65.1 Å². The van der Waals surface area contributed by atoms with Gasteiger partial charge in [-0.05, 0) is 62.4 Å². The highest BCUT2D eigenvalue weighted by molar-refractivity contribution is 6.32. The van der Waals surface area contributed by atoms with Crippen LogP contribution in [0.3, 0.4) is 0 Å². The topological polar surface area (TPSA) is 58.6 Å². The molecule has 31 heavy (non-hydrogen) atoms. The van der Waals surface area contributed by atoms with Gasteiger partial charge < -0.3 is 15.0 Å². The van der Waals surface area contributed by atoms with Gasteiger partial charge in [-0.3, -0.25) is 9.59 Å². The van der Waals surface area contributed by atoms with Crippen LogP contribution in [0.15, 0.2) is 42.5 Å². The molecule has 0 aromatic heterocycles. The summed E-state index contributed by atoms with van der Waals surface area (Å²) in [6.45, 7) is 5.79. The van der Waals surface area contributed by atoms with Gasteiger partial charge in [-0.1, -0.05) is 54.8 Å². The number of ether oxygens (including phenoxy) is 1. The molecule has 2 amide bonds. The van der Waals surface area contributed by atoms with Gasteiger partial charge in [-0.2, -0.15) is 0 Å². The summed E-state index contributed by atoms with van der Waals surface area (Å²) in [6.07, 6.45) is 4.28. The van der Waals surface area contributed by atoms with Crippen LogP contribution in [0.25, 0.3) is 0 Å². The highest BCUT2D eigenvalue weighted by atomic mass is 35.5. The molecule has 3 rings (SSSR count). The smallest absolute Gasteiger partial charge is 0.261 e. The Morgan fingerprint density at radius 3 is 2.35 bits per heavy atom. The molecule has 166 valence electrons. The fraction of sp³-hybridized carbons (Fsp3) is 0.440. The average molecular weight is 443 g/mol. The van der Waals surface area contributed by atoms with Gasteiger partial charge in [0, 0.05) is 17.6 Å². The zero-order valence-corrected chi connectivity index (χ0v) is 19.2. The number of nitrogens with one attached hydrogen (secondary N) is 1. The molecule has 5 nitrogen and oxygen atoms in total. The average Bonchev–Trinajstić information content (AvgIpc) is 3.27. The zero-order valence-electron chi connectivity index (χ0n) is 18.5. The fourth-order valence-corrected chi connectivity index (χ4v) is 4.08. The standard InChI is InChI=1S/C25H31ClN2O3/c1-17-13-22(14-18(2)24(17)26)31-16-23(29)28(15-20-9-5-4-6-10-20)19(3)25(30)27-21-11-7-8-12-21/h4-6,9-10,13-14,19,21H,7-8,11-12,15-16H2,1-3H3,(H,27,30)/t19-/m1/s1. The van der Waals surface area contributed by atoms with Crippen LogP contribution in [0.4, 0.5) is 0 Å². The number of carbonyl (C=O) groups is 2. The van der Waals surface area contributed by atoms with Crippen molar-refractivity contribution in [3.05, 3.63) is 64.2 Å². The number of carbonyl (C=O) groups excluding carboxylic acids is 2. The van der Waals surface area contributed by atoms with E-state index in [9.17, 15) is 9.59 Å². The third-order valence-electron chi connectivity index (χ3n) is 5.84. The molecule has 0 unspecified atom stereocenters. The van der Waals surface area contributed by atoms with Gasteiger partial charge in [0.15, 0.2) is 6.61 Å². The Kier molecular flexibility index (Phi) is 7.97. The Bertz CT molecular complexity index is 887. The normalized spacial score (nSPS) is 14.8. The van der Waals surface area contributed by atoms with Crippen molar-refractivity contribution in [3.8, 4) is 5.75 Å². The van der Waals surface area contributed by atoms with Gasteiger partial charge in [-0.25, -0.2) is 0 Å². The second kappa shape index (κ2) is 10.7. The number of hydrogen-bond donors (Lipinski definition) is 1. The van der Waals surface area contributed by atoms with Crippen molar-refractivity contribution in [2.24, 2.45) is 0 Å². The second-order valence-corrected chi connectivity index (χ2v) is 8.71. The van der Waals surface area contributed by atoms with E-state index in [4.69, 9.17) is 16.3 Å². The van der Waals surface area contributed by atoms with Crippen LogP contribution in [0, 0.1) is 13.8 Å². The first kappa shape index (κ1) is 23.1. The molecule has 2 aromatic carbocycles. The van der Waals surface area contributed by atoms with E-state index in [-0.39, 0.29) is 24.5 Å². The Morgan fingerprint density at radius 1 is 1.13 bits per heavy atom. The van der Waals surface area contributed by atoms with Crippen molar-refractivity contribution < 1.29 is 14.3 Å². The van der Waals surface area contributed by atoms with E-state index >= 15 is 0 Å². The number of rotatable bonds is 8. The predicted octanol–water partition coefficient (Wildman–Crippen LogP) is 4.81. The van der Waals surface area contributed by atoms with Crippen molar-refractivity contribution in [2.75, 3.05) is 6.61 Å². The monoisotopic (exact) mass is 442 g/mol. The van der Waals surface area contributed by atoms with E-state index in [1.807, 2.05) is 56.3 Å². The minimum absolute atomic E-state index is 0.116. The predicted molar refractivity (Wildman–Crippen MR) is 123 cm³/mol. The van der Waals surface area contributed by atoms with Gasteiger partial charge in [0.2, 0.25) is 5.91 Å². The number of aryl methyl sites for hydroxylation is 2. The Balaban J connectivity index is 1.71. The van der Waals surface area contributed by atoms with Gasteiger partial charge in [0.05, 0.1) is 0 Å². The summed E-state index contributed by atoms with van der Waals surface area (Å²) in [7, 11) is 0. The van der Waals surface area contributed by atoms with E-state index in [1.165, 1.54) is 0 Å². The summed E-state index contributed by atoms with van der Waals surface area (Å²) in [5.41, 5.74) is 2.76. The lowest BCUT2D eigenvalue weighted by Gasteiger charge is -2.29. The maximum atomic E-state index is 13.1. The van der Waals surface area contributed by atoms with Gasteiger partial charge in [0.1, 0.15) is 11.8 Å². The summed E-state index contributed by atoms with van der Waals surface area (Å²) in [5.74, 6) is 0.244. The number of amides is 2. The van der Waals surface area contributed by atoms with Crippen LogP contribution in [0.5, 0.6) is 5.75 Å². The summed E-state index contributed by atoms with van der Waals surface area (Å²) < 4.78 is 5.78. The molecule has 1 aliphatic rings. The van der Waals surface area contributed by atoms with Crippen molar-refractivity contribution in [1.29, 1.82) is 0 Å². The fourth-order valence-electron chi connectivity index (χ4n) is 3.97. The first-order valence-electron chi connectivity index (χ1n) is 10.9. The molecule has 0 radical (unpaired) electrons. The van der Waals surface area contributed by atoms with E-state index in [0.717, 1.165) is 42.4 Å². The second-order valence-electron chi connectivity index (χ2n) is 8.33. The van der Waals surface area contributed by atoms with Crippen LogP contribution in [0.2, 0.25) is 5.02 Å². The molecule has 1 aliphatic carbocycles. The van der Waals surface area contributed by atoms with Crippen LogP contribution in [-0.4, -0.2) is 35.4 Å². The van der Waals surface area contributed by atoms with E-state index in [2.05, 4.69) is 5.32 Å². The quantitative estimate of drug-likeness (QED) is 0.638. The molecule has 1 N–H and O–H groups in total. The van der Waals surface area contributed by atoms with Crippen LogP contribution in [-0.2, 0) is 16.1 Å². The van der Waals surface area contributed by atoms with Crippen LogP contribution in [0.1, 0.15) is 49.3 Å². The van der Waals surface area contributed by atoms with E-state index in [1.54, 1.807) is 11.8 Å². The molecule has 0 spiro atoms. The number of nitrogens with zero attached hydrogens (tertiary/aromatic N) is 1. The lowest BCUT2D eigenvalue weighted by molar-refractivity contribution is -0.142. The van der Waals surface area contributed by atoms with Crippen molar-refractivity contribution in [1.82, 2.24) is 10.2 Å². The highest BCUT2D eigenvalue weighted by Gasteiger charge is 2.28. The first-order valence-corrected chi connectivity index (χ1v) is 11.3. The van der Waals surface area contributed by atoms with Crippen LogP contribution < -0.4 is 10.1 Å². The molecular formula is C25H31ClN2O3. The van der Waals surface area contributed by atoms with Gasteiger partial charge in [-0.15, -0.1) is 0 Å². The molecular weight excluding hydrogens is 412 g/mol. The van der Waals surface area contributed by atoms with Gasteiger partial charge in [0.25, 0.3) is 5.91 Å². The Hall–Kier alpha value is -2.53. The molecule has 0 heterocycles. The number of halogens is 1. The molecule has 1 fully saturated rings. The maximum absolute atomic E-state index is 13.1. The Labute approximate surface area is 189 Å². The molecule has 0 aliphatic heterocycles.